The minimum atomic E-state index is -3.50. The van der Waals surface area contributed by atoms with Gasteiger partial charge in [0.2, 0.25) is 0 Å². The summed E-state index contributed by atoms with van der Waals surface area (Å²) in [6.45, 7) is 0.389. The second-order valence-corrected chi connectivity index (χ2v) is 7.52. The van der Waals surface area contributed by atoms with E-state index in [1.807, 2.05) is 43.7 Å². The number of fused-ring (bicyclic) bond motifs is 1. The molecule has 0 spiro atoms. The monoisotopic (exact) mass is 352 g/mol. The highest BCUT2D eigenvalue weighted by Crippen LogP contribution is 2.23. The summed E-state index contributed by atoms with van der Waals surface area (Å²) in [5.74, 6) is 0.391. The molecule has 0 saturated carbocycles. The van der Waals surface area contributed by atoms with Gasteiger partial charge in [0, 0.05) is 24.4 Å². The van der Waals surface area contributed by atoms with Crippen molar-refractivity contribution in [2.45, 2.75) is 11.4 Å². The van der Waals surface area contributed by atoms with Gasteiger partial charge in [0.15, 0.2) is 0 Å². The zero-order valence-corrected chi connectivity index (χ0v) is 14.4. The first kappa shape index (κ1) is 15.6. The van der Waals surface area contributed by atoms with E-state index in [1.165, 1.54) is 0 Å². The van der Waals surface area contributed by atoms with E-state index in [0.717, 1.165) is 16.7 Å². The van der Waals surface area contributed by atoms with Gasteiger partial charge in [-0.15, -0.1) is 0 Å². The van der Waals surface area contributed by atoms with Crippen molar-refractivity contribution in [1.82, 2.24) is 14.5 Å². The van der Waals surface area contributed by atoms with Crippen LogP contribution in [-0.2, 0) is 23.6 Å². The Bertz CT molecular complexity index is 1080. The fourth-order valence-electron chi connectivity index (χ4n) is 2.84. The van der Waals surface area contributed by atoms with Crippen LogP contribution in [0.5, 0.6) is 0 Å². The summed E-state index contributed by atoms with van der Waals surface area (Å²) in [7, 11) is -1.62. The second-order valence-electron chi connectivity index (χ2n) is 5.87. The lowest BCUT2D eigenvalue weighted by Gasteiger charge is -2.03. The summed E-state index contributed by atoms with van der Waals surface area (Å²) in [6.07, 6.45) is 3.76. The van der Waals surface area contributed by atoms with E-state index in [1.54, 1.807) is 28.9 Å². The summed E-state index contributed by atoms with van der Waals surface area (Å²) in [5, 5.41) is 4.19. The van der Waals surface area contributed by atoms with E-state index in [9.17, 15) is 8.42 Å². The zero-order valence-electron chi connectivity index (χ0n) is 13.5. The lowest BCUT2D eigenvalue weighted by atomic mass is 10.1. The average Bonchev–Trinajstić information content (AvgIpc) is 3.15. The quantitative estimate of drug-likeness (QED) is 0.786. The number of nitrogens with zero attached hydrogens (tertiary/aromatic N) is 3. The van der Waals surface area contributed by atoms with E-state index in [2.05, 4.69) is 14.8 Å². The molecule has 2 aromatic carbocycles. The normalized spacial score (nSPS) is 16.6. The van der Waals surface area contributed by atoms with Crippen molar-refractivity contribution in [1.29, 1.82) is 0 Å². The number of aliphatic imine (C=N–C) groups is 1. The maximum Gasteiger partial charge on any atom is 0.263 e. The van der Waals surface area contributed by atoms with Crippen molar-refractivity contribution in [2.24, 2.45) is 12.0 Å². The molecule has 3 aromatic rings. The second kappa shape index (κ2) is 5.86. The Labute approximate surface area is 145 Å². The number of sulfonamides is 1. The summed E-state index contributed by atoms with van der Waals surface area (Å²) < 4.78 is 28.5. The molecule has 0 saturated heterocycles. The van der Waals surface area contributed by atoms with E-state index >= 15 is 0 Å². The molecule has 7 heteroatoms. The van der Waals surface area contributed by atoms with Crippen LogP contribution in [0.1, 0.15) is 11.1 Å². The Balaban J connectivity index is 1.63. The van der Waals surface area contributed by atoms with Gasteiger partial charge >= 0.3 is 0 Å². The first-order chi connectivity index (χ1) is 12.0. The Hall–Kier alpha value is -2.93. The Morgan fingerprint density at radius 2 is 1.96 bits per heavy atom. The summed E-state index contributed by atoms with van der Waals surface area (Å²) in [6, 6.07) is 14.8. The lowest BCUT2D eigenvalue weighted by molar-refractivity contribution is 0.595. The van der Waals surface area contributed by atoms with Crippen LogP contribution < -0.4 is 4.72 Å². The minimum absolute atomic E-state index is 0.276. The number of benzene rings is 2. The van der Waals surface area contributed by atoms with Gasteiger partial charge in [0.25, 0.3) is 10.0 Å². The third-order valence-electron chi connectivity index (χ3n) is 4.05. The van der Waals surface area contributed by atoms with Gasteiger partial charge in [-0.3, -0.25) is 14.4 Å². The van der Waals surface area contributed by atoms with Gasteiger partial charge in [-0.1, -0.05) is 30.3 Å². The topological polar surface area (TPSA) is 76.3 Å². The van der Waals surface area contributed by atoms with Crippen molar-refractivity contribution in [3.8, 4) is 11.1 Å². The predicted octanol–water partition coefficient (Wildman–Crippen LogP) is 2.33. The molecular weight excluding hydrogens is 336 g/mol. The number of aryl methyl sites for hydroxylation is 1. The van der Waals surface area contributed by atoms with E-state index in [4.69, 9.17) is 0 Å². The fourth-order valence-corrected chi connectivity index (χ4v) is 4.09. The van der Waals surface area contributed by atoms with Crippen molar-refractivity contribution in [2.75, 3.05) is 0 Å². The molecular formula is C18H16N4O2S. The molecule has 0 aliphatic carbocycles. The third-order valence-corrected chi connectivity index (χ3v) is 5.44. The highest BCUT2D eigenvalue weighted by molar-refractivity contribution is 7.90. The number of amidine groups is 1. The van der Waals surface area contributed by atoms with Crippen LogP contribution in [0.2, 0.25) is 0 Å². The standard InChI is InChI=1S/C18H16N4O2S/c1-22-12-15(11-20-22)14-6-4-5-13(9-14)10-19-18-16-7-2-3-8-17(16)25(23,24)21-18/h2-9,11-12H,10H2,1H3,(H,19,21). The van der Waals surface area contributed by atoms with Gasteiger partial charge in [-0.05, 0) is 29.3 Å². The molecule has 25 heavy (non-hydrogen) atoms. The molecule has 4 rings (SSSR count). The largest absolute Gasteiger partial charge is 0.275 e. The number of rotatable bonds is 3. The summed E-state index contributed by atoms with van der Waals surface area (Å²) in [5.41, 5.74) is 3.70. The van der Waals surface area contributed by atoms with E-state index in [-0.39, 0.29) is 4.90 Å². The Morgan fingerprint density at radius 1 is 1.12 bits per heavy atom. The number of hydrogen-bond acceptors (Lipinski definition) is 4. The Morgan fingerprint density at radius 3 is 2.76 bits per heavy atom. The van der Waals surface area contributed by atoms with Crippen LogP contribution in [0.15, 0.2) is 70.8 Å². The molecule has 1 aliphatic heterocycles. The lowest BCUT2D eigenvalue weighted by Crippen LogP contribution is -2.22. The van der Waals surface area contributed by atoms with Crippen molar-refractivity contribution in [3.05, 3.63) is 72.1 Å². The van der Waals surface area contributed by atoms with Crippen LogP contribution in [0.3, 0.4) is 0 Å². The highest BCUT2D eigenvalue weighted by atomic mass is 32.2. The van der Waals surface area contributed by atoms with Crippen LogP contribution in [-0.4, -0.2) is 24.0 Å². The van der Waals surface area contributed by atoms with Crippen LogP contribution in [0.4, 0.5) is 0 Å². The van der Waals surface area contributed by atoms with Crippen molar-refractivity contribution < 1.29 is 8.42 Å². The molecule has 0 fully saturated rings. The summed E-state index contributed by atoms with van der Waals surface area (Å²) in [4.78, 5) is 4.75. The minimum Gasteiger partial charge on any atom is -0.275 e. The number of aromatic nitrogens is 2. The van der Waals surface area contributed by atoms with Crippen LogP contribution in [0, 0.1) is 0 Å². The highest BCUT2D eigenvalue weighted by Gasteiger charge is 2.29. The van der Waals surface area contributed by atoms with Crippen LogP contribution in [0.25, 0.3) is 11.1 Å². The molecule has 1 N–H and O–H groups in total. The smallest absolute Gasteiger partial charge is 0.263 e. The van der Waals surface area contributed by atoms with Crippen molar-refractivity contribution in [3.63, 3.8) is 0 Å². The molecule has 1 aliphatic rings. The predicted molar refractivity (Wildman–Crippen MR) is 95.6 cm³/mol. The molecule has 0 unspecified atom stereocenters. The zero-order chi connectivity index (χ0) is 17.4. The number of nitrogens with one attached hydrogen (secondary N) is 1. The summed E-state index contributed by atoms with van der Waals surface area (Å²) >= 11 is 0. The van der Waals surface area contributed by atoms with Gasteiger partial charge in [-0.2, -0.15) is 5.10 Å². The molecule has 0 atom stereocenters. The maximum absolute atomic E-state index is 12.1. The average molecular weight is 352 g/mol. The molecule has 0 amide bonds. The first-order valence-electron chi connectivity index (χ1n) is 7.77. The van der Waals surface area contributed by atoms with Gasteiger partial charge in [-0.25, -0.2) is 8.42 Å². The van der Waals surface area contributed by atoms with Gasteiger partial charge in [0.1, 0.15) is 5.84 Å². The van der Waals surface area contributed by atoms with Crippen molar-refractivity contribution >= 4 is 15.9 Å². The SMILES string of the molecule is Cn1cc(-c2cccc(CN=C3NS(=O)(=O)c4ccccc43)c2)cn1. The molecule has 1 aromatic heterocycles. The van der Waals surface area contributed by atoms with E-state index in [0.29, 0.717) is 17.9 Å². The molecule has 6 nitrogen and oxygen atoms in total. The molecule has 126 valence electrons. The van der Waals surface area contributed by atoms with Gasteiger partial charge in [0.05, 0.1) is 17.6 Å². The molecule has 2 heterocycles. The van der Waals surface area contributed by atoms with Gasteiger partial charge < -0.3 is 0 Å². The van der Waals surface area contributed by atoms with Crippen LogP contribution >= 0.6 is 0 Å². The Kier molecular flexibility index (Phi) is 3.65. The third kappa shape index (κ3) is 2.94. The number of hydrogen-bond donors (Lipinski definition) is 1. The molecule has 0 bridgehead atoms. The molecule has 0 radical (unpaired) electrons. The maximum atomic E-state index is 12.1. The fraction of sp³-hybridized carbons (Fsp3) is 0.111. The van der Waals surface area contributed by atoms with E-state index < -0.39 is 10.0 Å². The first-order valence-corrected chi connectivity index (χ1v) is 9.26.